The first-order valence-electron chi connectivity index (χ1n) is 11.2. The number of unbranched alkanes of at least 4 members (excludes halogenated alkanes) is 11. The highest BCUT2D eigenvalue weighted by molar-refractivity contribution is 5.84. The van der Waals surface area contributed by atoms with E-state index in [1.807, 2.05) is 0 Å². The molecule has 0 bridgehead atoms. The van der Waals surface area contributed by atoms with Crippen molar-refractivity contribution in [3.05, 3.63) is 12.2 Å². The van der Waals surface area contributed by atoms with Gasteiger partial charge in [-0.05, 0) is 39.0 Å². The maximum Gasteiger partial charge on any atom is 0.331 e. The minimum atomic E-state index is -0.986. The summed E-state index contributed by atoms with van der Waals surface area (Å²) in [6, 6.07) is -0.986. The van der Waals surface area contributed by atoms with Gasteiger partial charge in [-0.2, -0.15) is 0 Å². The molecule has 0 rings (SSSR count). The monoisotopic (exact) mass is 397 g/mol. The number of carbonyl (C=O) groups excluding carboxylic acids is 2. The van der Waals surface area contributed by atoms with E-state index in [-0.39, 0.29) is 5.91 Å². The molecule has 2 N–H and O–H groups in total. The molecule has 0 aliphatic heterocycles. The third-order valence-corrected chi connectivity index (χ3v) is 4.92. The van der Waals surface area contributed by atoms with E-state index in [0.29, 0.717) is 6.42 Å². The van der Waals surface area contributed by atoms with E-state index in [4.69, 9.17) is 0 Å². The van der Waals surface area contributed by atoms with Crippen LogP contribution < -0.4 is 5.32 Å². The molecule has 0 aromatic carbocycles. The Labute approximate surface area is 172 Å². The van der Waals surface area contributed by atoms with Gasteiger partial charge in [0.05, 0.1) is 13.2 Å². The molecular formula is C23H43NO4. The standard InChI is InChI=1S/C23H43NO4/c1-4-5-6-7-8-9-10-11-12-13-14-15-16-17-18-19-21(26)24-22(20(2)25)23(27)28-3/h11-12,20,22,25H,4-10,13-19H2,1-3H3,(H,24,26)/b12-11-/t20-,22-/m0/s1. The van der Waals surface area contributed by atoms with Crippen molar-refractivity contribution in [1.82, 2.24) is 5.32 Å². The molecule has 0 radical (unpaired) electrons. The molecule has 0 saturated carbocycles. The van der Waals surface area contributed by atoms with E-state index in [9.17, 15) is 14.7 Å². The van der Waals surface area contributed by atoms with Crippen molar-refractivity contribution in [3.8, 4) is 0 Å². The van der Waals surface area contributed by atoms with Gasteiger partial charge in [0.25, 0.3) is 0 Å². The molecule has 1 amide bonds. The van der Waals surface area contributed by atoms with Crippen molar-refractivity contribution in [2.24, 2.45) is 0 Å². The van der Waals surface area contributed by atoms with Crippen LogP contribution in [-0.4, -0.2) is 36.2 Å². The number of hydrogen-bond donors (Lipinski definition) is 2. The van der Waals surface area contributed by atoms with E-state index in [1.165, 1.54) is 71.8 Å². The highest BCUT2D eigenvalue weighted by Gasteiger charge is 2.25. The van der Waals surface area contributed by atoms with Gasteiger partial charge < -0.3 is 15.2 Å². The Hall–Kier alpha value is -1.36. The maximum atomic E-state index is 11.9. The number of rotatable bonds is 18. The maximum absolute atomic E-state index is 11.9. The minimum absolute atomic E-state index is 0.214. The smallest absolute Gasteiger partial charge is 0.331 e. The molecule has 0 aliphatic carbocycles. The van der Waals surface area contributed by atoms with Crippen molar-refractivity contribution in [2.75, 3.05) is 7.11 Å². The summed E-state index contributed by atoms with van der Waals surface area (Å²) in [6.45, 7) is 3.71. The van der Waals surface area contributed by atoms with Crippen molar-refractivity contribution < 1.29 is 19.4 Å². The number of esters is 1. The molecule has 0 spiro atoms. The Kier molecular flexibility index (Phi) is 18.1. The summed E-state index contributed by atoms with van der Waals surface area (Å²) in [5.41, 5.74) is 0. The number of methoxy groups -OCH3 is 1. The fourth-order valence-corrected chi connectivity index (χ4v) is 3.11. The van der Waals surface area contributed by atoms with Gasteiger partial charge in [0, 0.05) is 6.42 Å². The van der Waals surface area contributed by atoms with Gasteiger partial charge in [0.2, 0.25) is 5.91 Å². The van der Waals surface area contributed by atoms with Crippen molar-refractivity contribution in [2.45, 2.75) is 116 Å². The second kappa shape index (κ2) is 19.0. The quantitative estimate of drug-likeness (QED) is 0.192. The van der Waals surface area contributed by atoms with Gasteiger partial charge in [-0.25, -0.2) is 4.79 Å². The van der Waals surface area contributed by atoms with Crippen LogP contribution in [0.5, 0.6) is 0 Å². The number of allylic oxidation sites excluding steroid dienone is 2. The van der Waals surface area contributed by atoms with Crippen molar-refractivity contribution >= 4 is 11.9 Å². The lowest BCUT2D eigenvalue weighted by Crippen LogP contribution is -2.48. The van der Waals surface area contributed by atoms with Gasteiger partial charge in [-0.3, -0.25) is 4.79 Å². The molecular weight excluding hydrogens is 354 g/mol. The zero-order valence-corrected chi connectivity index (χ0v) is 18.4. The molecule has 0 heterocycles. The Morgan fingerprint density at radius 1 is 0.893 bits per heavy atom. The van der Waals surface area contributed by atoms with Crippen LogP contribution in [0.3, 0.4) is 0 Å². The number of hydrogen-bond acceptors (Lipinski definition) is 4. The van der Waals surface area contributed by atoms with Crippen molar-refractivity contribution in [1.29, 1.82) is 0 Å². The Bertz CT molecular complexity index is 421. The van der Waals surface area contributed by atoms with E-state index in [0.717, 1.165) is 25.7 Å². The number of aliphatic hydroxyl groups excluding tert-OH is 1. The second-order valence-electron chi connectivity index (χ2n) is 7.64. The number of aliphatic hydroxyl groups is 1. The molecule has 0 saturated heterocycles. The summed E-state index contributed by atoms with van der Waals surface area (Å²) in [4.78, 5) is 23.4. The normalized spacial score (nSPS) is 13.4. The highest BCUT2D eigenvalue weighted by Crippen LogP contribution is 2.10. The fraction of sp³-hybridized carbons (Fsp3) is 0.826. The predicted octanol–water partition coefficient (Wildman–Crippen LogP) is 5.06. The first-order chi connectivity index (χ1) is 13.5. The summed E-state index contributed by atoms with van der Waals surface area (Å²) in [6.07, 6.45) is 19.8. The summed E-state index contributed by atoms with van der Waals surface area (Å²) >= 11 is 0. The van der Waals surface area contributed by atoms with Crippen LogP contribution in [0, 0.1) is 0 Å². The molecule has 164 valence electrons. The van der Waals surface area contributed by atoms with Gasteiger partial charge in [0.15, 0.2) is 6.04 Å². The number of carbonyl (C=O) groups is 2. The lowest BCUT2D eigenvalue weighted by Gasteiger charge is -2.18. The minimum Gasteiger partial charge on any atom is -0.467 e. The Morgan fingerprint density at radius 2 is 1.39 bits per heavy atom. The molecule has 0 unspecified atom stereocenters. The van der Waals surface area contributed by atoms with E-state index in [1.54, 1.807) is 0 Å². The highest BCUT2D eigenvalue weighted by atomic mass is 16.5. The molecule has 5 nitrogen and oxygen atoms in total. The number of amides is 1. The van der Waals surface area contributed by atoms with Gasteiger partial charge in [0.1, 0.15) is 0 Å². The molecule has 0 aromatic rings. The summed E-state index contributed by atoms with van der Waals surface area (Å²) in [5.74, 6) is -0.832. The van der Waals surface area contributed by atoms with Crippen LogP contribution in [0.25, 0.3) is 0 Å². The second-order valence-corrected chi connectivity index (χ2v) is 7.64. The van der Waals surface area contributed by atoms with Crippen LogP contribution in [0.15, 0.2) is 12.2 Å². The summed E-state index contributed by atoms with van der Waals surface area (Å²) in [7, 11) is 1.24. The van der Waals surface area contributed by atoms with Gasteiger partial charge in [-0.1, -0.05) is 70.4 Å². The van der Waals surface area contributed by atoms with Crippen LogP contribution >= 0.6 is 0 Å². The fourth-order valence-electron chi connectivity index (χ4n) is 3.11. The Balaban J connectivity index is 3.52. The Morgan fingerprint density at radius 3 is 1.89 bits per heavy atom. The summed E-state index contributed by atoms with van der Waals surface area (Å²) in [5, 5.41) is 12.1. The molecule has 0 fully saturated rings. The van der Waals surface area contributed by atoms with Gasteiger partial charge >= 0.3 is 5.97 Å². The molecule has 2 atom stereocenters. The molecule has 28 heavy (non-hydrogen) atoms. The number of nitrogens with one attached hydrogen (secondary N) is 1. The van der Waals surface area contributed by atoms with Crippen LogP contribution in [-0.2, 0) is 14.3 Å². The average Bonchev–Trinajstić information content (AvgIpc) is 2.68. The lowest BCUT2D eigenvalue weighted by atomic mass is 10.1. The predicted molar refractivity (Wildman–Crippen MR) is 115 cm³/mol. The first kappa shape index (κ1) is 26.6. The third-order valence-electron chi connectivity index (χ3n) is 4.92. The van der Waals surface area contributed by atoms with Gasteiger partial charge in [-0.15, -0.1) is 0 Å². The molecule has 0 aliphatic rings. The molecule has 0 aromatic heterocycles. The van der Waals surface area contributed by atoms with Crippen molar-refractivity contribution in [3.63, 3.8) is 0 Å². The topological polar surface area (TPSA) is 75.6 Å². The zero-order chi connectivity index (χ0) is 21.0. The largest absolute Gasteiger partial charge is 0.467 e. The first-order valence-corrected chi connectivity index (χ1v) is 11.2. The SMILES string of the molecule is CCCCCCCC/C=C\CCCCCCCC(=O)N[C@H](C(=O)OC)[C@H](C)O. The van der Waals surface area contributed by atoms with E-state index in [2.05, 4.69) is 29.1 Å². The van der Waals surface area contributed by atoms with Crippen LogP contribution in [0.2, 0.25) is 0 Å². The lowest BCUT2D eigenvalue weighted by molar-refractivity contribution is -0.148. The molecule has 5 heteroatoms. The van der Waals surface area contributed by atoms with Crippen LogP contribution in [0.1, 0.15) is 104 Å². The average molecular weight is 398 g/mol. The third kappa shape index (κ3) is 15.7. The number of ether oxygens (including phenoxy) is 1. The van der Waals surface area contributed by atoms with Crippen LogP contribution in [0.4, 0.5) is 0 Å². The van der Waals surface area contributed by atoms with E-state index < -0.39 is 18.1 Å². The van der Waals surface area contributed by atoms with E-state index >= 15 is 0 Å². The zero-order valence-electron chi connectivity index (χ0n) is 18.4. The summed E-state index contributed by atoms with van der Waals surface area (Å²) < 4.78 is 4.59.